The number of hydrogen-bond acceptors (Lipinski definition) is 7. The van der Waals surface area contributed by atoms with Crippen molar-refractivity contribution in [2.24, 2.45) is 0 Å². The average Bonchev–Trinajstić information content (AvgIpc) is 3.52. The van der Waals surface area contributed by atoms with Gasteiger partial charge in [-0.15, -0.1) is 0 Å². The fourth-order valence-electron chi connectivity index (χ4n) is 2.70. The van der Waals surface area contributed by atoms with Gasteiger partial charge < -0.3 is 23.7 Å². The molecular formula is C21H28O7. The Balaban J connectivity index is 1.63. The summed E-state index contributed by atoms with van der Waals surface area (Å²) in [6.45, 7) is 8.78. The zero-order valence-electron chi connectivity index (χ0n) is 16.9. The van der Waals surface area contributed by atoms with Crippen molar-refractivity contribution < 1.29 is 33.3 Å². The fraction of sp³-hybridized carbons (Fsp3) is 0.619. The minimum Gasteiger partial charge on any atom is -0.456 e. The Bertz CT molecular complexity index is 656. The zero-order valence-corrected chi connectivity index (χ0v) is 16.9. The van der Waals surface area contributed by atoms with Crippen LogP contribution in [0.3, 0.4) is 0 Å². The summed E-state index contributed by atoms with van der Waals surface area (Å²) in [5.41, 5.74) is -0.343. The molecule has 0 radical (unpaired) electrons. The minimum absolute atomic E-state index is 0.0588. The topological polar surface area (TPSA) is 86.9 Å². The van der Waals surface area contributed by atoms with E-state index in [0.717, 1.165) is 13.0 Å². The van der Waals surface area contributed by atoms with Crippen LogP contribution in [0.1, 0.15) is 61.3 Å². The summed E-state index contributed by atoms with van der Waals surface area (Å²) in [5.74, 6) is -2.33. The van der Waals surface area contributed by atoms with Crippen LogP contribution < -0.4 is 0 Å². The van der Waals surface area contributed by atoms with Crippen LogP contribution in [0.15, 0.2) is 24.3 Å². The maximum absolute atomic E-state index is 12.7. The predicted molar refractivity (Wildman–Crippen MR) is 100 cm³/mol. The molecule has 154 valence electrons. The molecule has 0 aliphatic carbocycles. The third-order valence-corrected chi connectivity index (χ3v) is 4.56. The first-order valence-corrected chi connectivity index (χ1v) is 9.58. The Labute approximate surface area is 165 Å². The molecule has 0 amide bonds. The molecule has 2 fully saturated rings. The maximum Gasteiger partial charge on any atom is 0.341 e. The van der Waals surface area contributed by atoms with Crippen molar-refractivity contribution in [3.8, 4) is 0 Å². The first-order chi connectivity index (χ1) is 13.2. The summed E-state index contributed by atoms with van der Waals surface area (Å²) in [6, 6.07) is 6.47. The lowest BCUT2D eigenvalue weighted by Crippen LogP contribution is -2.34. The van der Waals surface area contributed by atoms with E-state index in [1.165, 1.54) is 0 Å². The molecule has 2 saturated heterocycles. The van der Waals surface area contributed by atoms with Gasteiger partial charge in [-0.3, -0.25) is 0 Å². The summed E-state index contributed by atoms with van der Waals surface area (Å²) < 4.78 is 27.0. The van der Waals surface area contributed by atoms with E-state index in [1.807, 2.05) is 13.8 Å². The van der Waals surface area contributed by atoms with Gasteiger partial charge in [-0.2, -0.15) is 0 Å². The SMILES string of the molecule is CC(C)(CCC1CO1)OC(=O)c1ccccc1C(=O)OC(C)(C)OCC1CO1. The highest BCUT2D eigenvalue weighted by Gasteiger charge is 2.33. The molecule has 0 saturated carbocycles. The first kappa shape index (κ1) is 20.8. The Morgan fingerprint density at radius 1 is 0.964 bits per heavy atom. The molecule has 28 heavy (non-hydrogen) atoms. The number of esters is 2. The monoisotopic (exact) mass is 392 g/mol. The van der Waals surface area contributed by atoms with Gasteiger partial charge in [-0.25, -0.2) is 9.59 Å². The van der Waals surface area contributed by atoms with Crippen molar-refractivity contribution >= 4 is 11.9 Å². The molecule has 7 heteroatoms. The third-order valence-electron chi connectivity index (χ3n) is 4.56. The number of rotatable bonds is 10. The molecule has 0 bridgehead atoms. The van der Waals surface area contributed by atoms with E-state index in [9.17, 15) is 9.59 Å². The molecule has 2 unspecified atom stereocenters. The van der Waals surface area contributed by atoms with Crippen LogP contribution in [0.2, 0.25) is 0 Å². The second-order valence-corrected chi connectivity index (χ2v) is 8.24. The predicted octanol–water partition coefficient (Wildman–Crippen LogP) is 3.11. The van der Waals surface area contributed by atoms with Crippen LogP contribution in [-0.2, 0) is 23.7 Å². The lowest BCUT2D eigenvalue weighted by molar-refractivity contribution is -0.181. The van der Waals surface area contributed by atoms with Crippen LogP contribution in [0.4, 0.5) is 0 Å². The van der Waals surface area contributed by atoms with Crippen molar-refractivity contribution in [1.29, 1.82) is 0 Å². The Kier molecular flexibility index (Phi) is 6.07. The zero-order chi connectivity index (χ0) is 20.4. The smallest absolute Gasteiger partial charge is 0.341 e. The van der Waals surface area contributed by atoms with Crippen molar-refractivity contribution in [2.45, 2.75) is 64.1 Å². The highest BCUT2D eigenvalue weighted by atomic mass is 16.7. The third kappa shape index (κ3) is 6.29. The highest BCUT2D eigenvalue weighted by Crippen LogP contribution is 2.26. The Morgan fingerprint density at radius 3 is 2.04 bits per heavy atom. The second-order valence-electron chi connectivity index (χ2n) is 8.24. The fourth-order valence-corrected chi connectivity index (χ4v) is 2.70. The van der Waals surface area contributed by atoms with Crippen LogP contribution in [0.25, 0.3) is 0 Å². The van der Waals surface area contributed by atoms with Gasteiger partial charge in [-0.1, -0.05) is 12.1 Å². The number of hydrogen-bond donors (Lipinski definition) is 0. The van der Waals surface area contributed by atoms with Gasteiger partial charge in [-0.05, 0) is 38.8 Å². The van der Waals surface area contributed by atoms with Crippen LogP contribution in [-0.4, -0.2) is 55.4 Å². The number of benzene rings is 1. The van der Waals surface area contributed by atoms with Crippen molar-refractivity contribution in [2.75, 3.05) is 19.8 Å². The summed E-state index contributed by atoms with van der Waals surface area (Å²) in [4.78, 5) is 25.4. The molecule has 7 nitrogen and oxygen atoms in total. The van der Waals surface area contributed by atoms with E-state index >= 15 is 0 Å². The van der Waals surface area contributed by atoms with E-state index in [4.69, 9.17) is 23.7 Å². The Hall–Kier alpha value is -1.96. The average molecular weight is 392 g/mol. The number of epoxide rings is 2. The Morgan fingerprint density at radius 2 is 1.50 bits per heavy atom. The first-order valence-electron chi connectivity index (χ1n) is 9.58. The molecule has 0 spiro atoms. The molecule has 2 atom stereocenters. The van der Waals surface area contributed by atoms with E-state index in [-0.39, 0.29) is 23.3 Å². The van der Waals surface area contributed by atoms with Gasteiger partial charge in [0.05, 0.1) is 37.1 Å². The van der Waals surface area contributed by atoms with E-state index in [2.05, 4.69) is 0 Å². The lowest BCUT2D eigenvalue weighted by atomic mass is 10.0. The summed E-state index contributed by atoms with van der Waals surface area (Å²) >= 11 is 0. The molecule has 0 N–H and O–H groups in total. The number of ether oxygens (including phenoxy) is 5. The molecule has 1 aromatic rings. The highest BCUT2D eigenvalue weighted by molar-refractivity contribution is 6.03. The van der Waals surface area contributed by atoms with E-state index in [1.54, 1.807) is 38.1 Å². The standard InChI is InChI=1S/C21H28O7/c1-20(2,10-9-14-11-24-14)27-18(22)16-7-5-6-8-17(16)19(23)28-21(3,4)26-13-15-12-25-15/h5-8,14-15H,9-13H2,1-4H3. The number of carbonyl (C=O) groups excluding carboxylic acids is 2. The van der Waals surface area contributed by atoms with Crippen molar-refractivity contribution in [3.05, 3.63) is 35.4 Å². The number of carbonyl (C=O) groups is 2. The van der Waals surface area contributed by atoms with Gasteiger partial charge in [0, 0.05) is 13.8 Å². The lowest BCUT2D eigenvalue weighted by Gasteiger charge is -2.27. The second kappa shape index (κ2) is 8.19. The molecule has 2 aliphatic rings. The van der Waals surface area contributed by atoms with E-state index in [0.29, 0.717) is 19.6 Å². The van der Waals surface area contributed by atoms with Crippen molar-refractivity contribution in [1.82, 2.24) is 0 Å². The molecule has 3 rings (SSSR count). The van der Waals surface area contributed by atoms with Gasteiger partial charge in [0.2, 0.25) is 5.79 Å². The normalized spacial score (nSPS) is 21.1. The van der Waals surface area contributed by atoms with Gasteiger partial charge >= 0.3 is 11.9 Å². The quantitative estimate of drug-likeness (QED) is 0.343. The molecule has 2 aliphatic heterocycles. The molecule has 0 aromatic heterocycles. The van der Waals surface area contributed by atoms with Gasteiger partial charge in [0.25, 0.3) is 0 Å². The molecular weight excluding hydrogens is 364 g/mol. The van der Waals surface area contributed by atoms with Crippen molar-refractivity contribution in [3.63, 3.8) is 0 Å². The largest absolute Gasteiger partial charge is 0.456 e. The maximum atomic E-state index is 12.7. The summed E-state index contributed by atoms with van der Waals surface area (Å²) in [6.07, 6.45) is 1.84. The summed E-state index contributed by atoms with van der Waals surface area (Å²) in [7, 11) is 0. The minimum atomic E-state index is -1.14. The molecule has 2 heterocycles. The van der Waals surface area contributed by atoms with Crippen LogP contribution in [0.5, 0.6) is 0 Å². The van der Waals surface area contributed by atoms with Gasteiger partial charge in [0.1, 0.15) is 11.7 Å². The molecule has 1 aromatic carbocycles. The van der Waals surface area contributed by atoms with Gasteiger partial charge in [0.15, 0.2) is 0 Å². The summed E-state index contributed by atoms with van der Waals surface area (Å²) in [5, 5.41) is 0. The van der Waals surface area contributed by atoms with E-state index < -0.39 is 23.3 Å². The van der Waals surface area contributed by atoms with Crippen LogP contribution in [0, 0.1) is 0 Å². The van der Waals surface area contributed by atoms with Crippen LogP contribution >= 0.6 is 0 Å².